The van der Waals surface area contributed by atoms with E-state index in [9.17, 15) is 9.59 Å². The number of amides is 2. The summed E-state index contributed by atoms with van der Waals surface area (Å²) in [5.74, 6) is 0.0549. The number of rotatable bonds is 8. The second kappa shape index (κ2) is 11.4. The van der Waals surface area contributed by atoms with E-state index in [-0.39, 0.29) is 31.4 Å². The maximum atomic E-state index is 13.6. The van der Waals surface area contributed by atoms with E-state index < -0.39 is 0 Å². The van der Waals surface area contributed by atoms with Crippen LogP contribution in [0.3, 0.4) is 0 Å². The number of hydrogen-bond acceptors (Lipinski definition) is 6. The van der Waals surface area contributed by atoms with E-state index in [2.05, 4.69) is 4.98 Å². The molecule has 9 heteroatoms. The average Bonchev–Trinajstić information content (AvgIpc) is 3.33. The van der Waals surface area contributed by atoms with Crippen molar-refractivity contribution in [1.82, 2.24) is 14.8 Å². The summed E-state index contributed by atoms with van der Waals surface area (Å²) >= 11 is 6.22. The number of pyridine rings is 1. The molecule has 0 spiro atoms. The molecule has 8 nitrogen and oxygen atoms in total. The standard InChI is InChI=1S/C26H28ClN3O5/c1-29(15-20-9-6-12-30(20)26(32)34-16-18-7-4-3-5-8-18)25(31)24-21-13-19(27)10-11-22(21)28-14-23(24)35-17-33-2/h3-5,7-8,10-11,13-14,20H,6,9,12,15-17H2,1-2H3/t20-/m0/s1. The van der Waals surface area contributed by atoms with Crippen molar-refractivity contribution >= 4 is 34.5 Å². The van der Waals surface area contributed by atoms with Crippen LogP contribution in [0.5, 0.6) is 5.75 Å². The topological polar surface area (TPSA) is 81.2 Å². The van der Waals surface area contributed by atoms with Crippen molar-refractivity contribution in [1.29, 1.82) is 0 Å². The first kappa shape index (κ1) is 24.8. The quantitative estimate of drug-likeness (QED) is 0.418. The maximum Gasteiger partial charge on any atom is 0.410 e. The Balaban J connectivity index is 1.50. The lowest BCUT2D eigenvalue weighted by Gasteiger charge is -2.29. The fourth-order valence-corrected chi connectivity index (χ4v) is 4.43. The van der Waals surface area contributed by atoms with Gasteiger partial charge in [-0.2, -0.15) is 0 Å². The van der Waals surface area contributed by atoms with E-state index >= 15 is 0 Å². The van der Waals surface area contributed by atoms with Crippen LogP contribution in [-0.2, 0) is 16.1 Å². The molecule has 35 heavy (non-hydrogen) atoms. The number of likely N-dealkylation sites (N-methyl/N-ethyl adjacent to an activating group) is 1. The van der Waals surface area contributed by atoms with Crippen molar-refractivity contribution in [2.45, 2.75) is 25.5 Å². The van der Waals surface area contributed by atoms with Crippen molar-refractivity contribution in [2.24, 2.45) is 0 Å². The number of methoxy groups -OCH3 is 1. The summed E-state index contributed by atoms with van der Waals surface area (Å²) in [5.41, 5.74) is 1.91. The van der Waals surface area contributed by atoms with Gasteiger partial charge < -0.3 is 24.0 Å². The predicted octanol–water partition coefficient (Wildman–Crippen LogP) is 4.74. The van der Waals surface area contributed by atoms with Crippen LogP contribution >= 0.6 is 11.6 Å². The molecule has 0 aliphatic carbocycles. The Bertz CT molecular complexity index is 1190. The first-order chi connectivity index (χ1) is 17.0. The molecule has 1 aromatic heterocycles. The third-order valence-corrected chi connectivity index (χ3v) is 6.22. The Hall–Kier alpha value is -3.36. The number of benzene rings is 2. The molecule has 1 saturated heterocycles. The van der Waals surface area contributed by atoms with Crippen LogP contribution < -0.4 is 4.74 Å². The van der Waals surface area contributed by atoms with E-state index in [4.69, 9.17) is 25.8 Å². The lowest BCUT2D eigenvalue weighted by atomic mass is 10.1. The van der Waals surface area contributed by atoms with Crippen molar-refractivity contribution in [3.8, 4) is 5.75 Å². The highest BCUT2D eigenvalue weighted by atomic mass is 35.5. The van der Waals surface area contributed by atoms with Gasteiger partial charge in [-0.15, -0.1) is 0 Å². The van der Waals surface area contributed by atoms with Gasteiger partial charge in [0.2, 0.25) is 0 Å². The molecule has 1 fully saturated rings. The minimum atomic E-state index is -0.373. The van der Waals surface area contributed by atoms with Gasteiger partial charge in [-0.1, -0.05) is 41.9 Å². The molecule has 2 aromatic carbocycles. The highest BCUT2D eigenvalue weighted by Gasteiger charge is 2.32. The normalized spacial score (nSPS) is 15.3. The summed E-state index contributed by atoms with van der Waals surface area (Å²) < 4.78 is 16.2. The molecule has 3 aromatic rings. The average molecular weight is 498 g/mol. The lowest BCUT2D eigenvalue weighted by Crippen LogP contribution is -2.44. The highest BCUT2D eigenvalue weighted by molar-refractivity contribution is 6.31. The summed E-state index contributed by atoms with van der Waals surface area (Å²) in [6.45, 7) is 1.13. The number of ether oxygens (including phenoxy) is 3. The van der Waals surface area contributed by atoms with Gasteiger partial charge in [0, 0.05) is 37.7 Å². The fourth-order valence-electron chi connectivity index (χ4n) is 4.26. The Morgan fingerprint density at radius 2 is 2.00 bits per heavy atom. The monoisotopic (exact) mass is 497 g/mol. The number of likely N-dealkylation sites (tertiary alicyclic amines) is 1. The van der Waals surface area contributed by atoms with E-state index in [1.807, 2.05) is 30.3 Å². The molecule has 1 aliphatic heterocycles. The van der Waals surface area contributed by atoms with Crippen molar-refractivity contribution in [2.75, 3.05) is 34.0 Å². The number of carbonyl (C=O) groups is 2. The largest absolute Gasteiger partial charge is 0.465 e. The molecule has 1 aliphatic rings. The Morgan fingerprint density at radius 1 is 1.20 bits per heavy atom. The number of fused-ring (bicyclic) bond motifs is 1. The third-order valence-electron chi connectivity index (χ3n) is 5.99. The Kier molecular flexibility index (Phi) is 8.05. The molecule has 2 heterocycles. The van der Waals surface area contributed by atoms with Gasteiger partial charge in [0.25, 0.3) is 5.91 Å². The SMILES string of the molecule is COCOc1cnc2ccc(Cl)cc2c1C(=O)N(C)C[C@@H]1CCCN1C(=O)OCc1ccccc1. The Morgan fingerprint density at radius 3 is 2.77 bits per heavy atom. The summed E-state index contributed by atoms with van der Waals surface area (Å²) in [6, 6.07) is 14.6. The van der Waals surface area contributed by atoms with E-state index in [1.54, 1.807) is 35.0 Å². The van der Waals surface area contributed by atoms with Crippen molar-refractivity contribution in [3.63, 3.8) is 0 Å². The fraction of sp³-hybridized carbons (Fsp3) is 0.346. The zero-order valence-corrected chi connectivity index (χ0v) is 20.5. The van der Waals surface area contributed by atoms with Gasteiger partial charge in [-0.3, -0.25) is 9.78 Å². The number of nitrogens with zero attached hydrogens (tertiary/aromatic N) is 3. The van der Waals surface area contributed by atoms with E-state index in [0.717, 1.165) is 18.4 Å². The zero-order valence-electron chi connectivity index (χ0n) is 19.8. The second-order valence-electron chi connectivity index (χ2n) is 8.43. The second-order valence-corrected chi connectivity index (χ2v) is 8.86. The van der Waals surface area contributed by atoms with Gasteiger partial charge in [-0.25, -0.2) is 4.79 Å². The number of hydrogen-bond donors (Lipinski definition) is 0. The van der Waals surface area contributed by atoms with Crippen molar-refractivity contribution < 1.29 is 23.8 Å². The highest BCUT2D eigenvalue weighted by Crippen LogP contribution is 2.30. The van der Waals surface area contributed by atoms with Crippen LogP contribution in [0.2, 0.25) is 5.02 Å². The van der Waals surface area contributed by atoms with Crippen LogP contribution in [-0.4, -0.2) is 66.9 Å². The number of aromatic nitrogens is 1. The van der Waals surface area contributed by atoms with Crippen LogP contribution in [0.1, 0.15) is 28.8 Å². The summed E-state index contributed by atoms with van der Waals surface area (Å²) in [4.78, 5) is 34.1. The number of carbonyl (C=O) groups excluding carboxylic acids is 2. The predicted molar refractivity (Wildman–Crippen MR) is 133 cm³/mol. The van der Waals surface area contributed by atoms with E-state index in [1.165, 1.54) is 13.3 Å². The summed E-state index contributed by atoms with van der Waals surface area (Å²) in [7, 11) is 3.22. The first-order valence-electron chi connectivity index (χ1n) is 11.4. The lowest BCUT2D eigenvalue weighted by molar-refractivity contribution is 0.0487. The molecule has 0 saturated carbocycles. The van der Waals surface area contributed by atoms with Gasteiger partial charge >= 0.3 is 6.09 Å². The molecule has 1 atom stereocenters. The molecular formula is C26H28ClN3O5. The van der Waals surface area contributed by atoms with Gasteiger partial charge in [-0.05, 0) is 36.6 Å². The molecule has 2 amide bonds. The molecule has 0 unspecified atom stereocenters. The van der Waals surface area contributed by atoms with Crippen LogP contribution in [0.4, 0.5) is 4.79 Å². The molecule has 0 radical (unpaired) electrons. The zero-order chi connectivity index (χ0) is 24.8. The van der Waals surface area contributed by atoms with Gasteiger partial charge in [0.05, 0.1) is 23.3 Å². The smallest absolute Gasteiger partial charge is 0.410 e. The van der Waals surface area contributed by atoms with E-state index in [0.29, 0.717) is 40.3 Å². The molecule has 4 rings (SSSR count). The minimum Gasteiger partial charge on any atom is -0.465 e. The van der Waals surface area contributed by atoms with Crippen LogP contribution in [0.15, 0.2) is 54.7 Å². The Labute approximate surface area is 209 Å². The number of halogens is 1. The molecule has 0 N–H and O–H groups in total. The maximum absolute atomic E-state index is 13.6. The third kappa shape index (κ3) is 5.83. The van der Waals surface area contributed by atoms with Gasteiger partial charge in [0.15, 0.2) is 12.5 Å². The minimum absolute atomic E-state index is 0.0264. The molecule has 184 valence electrons. The molecular weight excluding hydrogens is 470 g/mol. The summed E-state index contributed by atoms with van der Waals surface area (Å²) in [5, 5.41) is 1.08. The summed E-state index contributed by atoms with van der Waals surface area (Å²) in [6.07, 6.45) is 2.78. The van der Waals surface area contributed by atoms with Gasteiger partial charge in [0.1, 0.15) is 6.61 Å². The first-order valence-corrected chi connectivity index (χ1v) is 11.8. The molecule has 0 bridgehead atoms. The van der Waals surface area contributed by atoms with Crippen LogP contribution in [0.25, 0.3) is 10.9 Å². The van der Waals surface area contributed by atoms with Crippen LogP contribution in [0, 0.1) is 0 Å². The van der Waals surface area contributed by atoms with Crippen molar-refractivity contribution in [3.05, 3.63) is 70.9 Å².